The van der Waals surface area contributed by atoms with E-state index in [1.54, 1.807) is 0 Å². The zero-order valence-corrected chi connectivity index (χ0v) is 12.6. The second-order valence-corrected chi connectivity index (χ2v) is 8.20. The van der Waals surface area contributed by atoms with E-state index in [-0.39, 0.29) is 0 Å². The maximum Gasteiger partial charge on any atom is 0.0177 e. The molecule has 0 saturated heterocycles. The maximum absolute atomic E-state index is 4.12. The van der Waals surface area contributed by atoms with Crippen LogP contribution in [0.1, 0.15) is 78.6 Å². The summed E-state index contributed by atoms with van der Waals surface area (Å²) in [5, 5.41) is 4.12. The van der Waals surface area contributed by atoms with Crippen molar-refractivity contribution in [2.75, 3.05) is 0 Å². The summed E-state index contributed by atoms with van der Waals surface area (Å²) >= 11 is 0. The van der Waals surface area contributed by atoms with Crippen molar-refractivity contribution in [3.05, 3.63) is 0 Å². The number of rotatable bonds is 2. The van der Waals surface area contributed by atoms with Crippen LogP contribution in [-0.4, -0.2) is 12.1 Å². The minimum atomic E-state index is 0.527. The Morgan fingerprint density at radius 1 is 0.889 bits per heavy atom. The molecule has 1 nitrogen and oxygen atoms in total. The molecule has 2 bridgehead atoms. The molecule has 3 atom stereocenters. The molecular weight excluding hydrogens is 218 g/mol. The van der Waals surface area contributed by atoms with E-state index >= 15 is 0 Å². The van der Waals surface area contributed by atoms with Crippen LogP contribution < -0.4 is 5.32 Å². The van der Waals surface area contributed by atoms with Gasteiger partial charge in [0, 0.05) is 12.1 Å². The Balaban J connectivity index is 1.71. The standard InChI is InChI=1S/C17H31N/c1-16(2)13-10-11-17(3,12-13)15(16)18-14-8-6-4-5-7-9-14/h13-15,18H,4-12H2,1-3H3. The van der Waals surface area contributed by atoms with Crippen molar-refractivity contribution in [2.24, 2.45) is 16.7 Å². The first-order valence-electron chi connectivity index (χ1n) is 8.28. The Kier molecular flexibility index (Phi) is 3.25. The molecule has 1 heteroatoms. The minimum Gasteiger partial charge on any atom is -0.310 e. The first kappa shape index (κ1) is 13.0. The predicted octanol–water partition coefficient (Wildman–Crippen LogP) is 4.51. The molecule has 0 aromatic carbocycles. The summed E-state index contributed by atoms with van der Waals surface area (Å²) in [7, 11) is 0. The van der Waals surface area contributed by atoms with Gasteiger partial charge in [-0.25, -0.2) is 0 Å². The van der Waals surface area contributed by atoms with E-state index in [2.05, 4.69) is 26.1 Å². The third kappa shape index (κ3) is 2.03. The Labute approximate surface area is 113 Å². The van der Waals surface area contributed by atoms with Crippen LogP contribution in [-0.2, 0) is 0 Å². The van der Waals surface area contributed by atoms with Crippen molar-refractivity contribution in [3.63, 3.8) is 0 Å². The molecule has 0 aliphatic heterocycles. The number of hydrogen-bond donors (Lipinski definition) is 1. The molecule has 3 saturated carbocycles. The van der Waals surface area contributed by atoms with E-state index in [0.29, 0.717) is 10.8 Å². The lowest BCUT2D eigenvalue weighted by Crippen LogP contribution is -2.53. The average molecular weight is 249 g/mol. The third-order valence-electron chi connectivity index (χ3n) is 6.53. The summed E-state index contributed by atoms with van der Waals surface area (Å²) in [6, 6.07) is 1.58. The predicted molar refractivity (Wildman–Crippen MR) is 77.6 cm³/mol. The first-order valence-corrected chi connectivity index (χ1v) is 8.28. The van der Waals surface area contributed by atoms with Crippen LogP contribution in [0.15, 0.2) is 0 Å². The molecular formula is C17H31N. The lowest BCUT2D eigenvalue weighted by Gasteiger charge is -2.45. The van der Waals surface area contributed by atoms with Crippen LogP contribution in [0.3, 0.4) is 0 Å². The number of hydrogen-bond acceptors (Lipinski definition) is 1. The minimum absolute atomic E-state index is 0.527. The molecule has 3 rings (SSSR count). The molecule has 104 valence electrons. The summed E-state index contributed by atoms with van der Waals surface area (Å²) in [6.45, 7) is 7.60. The van der Waals surface area contributed by atoms with Gasteiger partial charge in [-0.1, -0.05) is 46.5 Å². The van der Waals surface area contributed by atoms with Gasteiger partial charge in [0.15, 0.2) is 0 Å². The maximum atomic E-state index is 4.12. The molecule has 0 aromatic heterocycles. The smallest absolute Gasteiger partial charge is 0.0177 e. The second-order valence-electron chi connectivity index (χ2n) is 8.20. The quantitative estimate of drug-likeness (QED) is 0.710. The van der Waals surface area contributed by atoms with Crippen LogP contribution in [0.25, 0.3) is 0 Å². The highest BCUT2D eigenvalue weighted by molar-refractivity contribution is 5.12. The highest BCUT2D eigenvalue weighted by atomic mass is 15.0. The van der Waals surface area contributed by atoms with Gasteiger partial charge in [-0.05, 0) is 48.9 Å². The number of nitrogens with one attached hydrogen (secondary N) is 1. The van der Waals surface area contributed by atoms with Crippen molar-refractivity contribution >= 4 is 0 Å². The number of fused-ring (bicyclic) bond motifs is 2. The van der Waals surface area contributed by atoms with Crippen LogP contribution in [0.2, 0.25) is 0 Å². The van der Waals surface area contributed by atoms with Crippen molar-refractivity contribution in [3.8, 4) is 0 Å². The fourth-order valence-electron chi connectivity index (χ4n) is 5.40. The van der Waals surface area contributed by atoms with Gasteiger partial charge in [-0.15, -0.1) is 0 Å². The lowest BCUT2D eigenvalue weighted by atomic mass is 9.68. The Hall–Kier alpha value is -0.0400. The zero-order chi connectivity index (χ0) is 12.8. The van der Waals surface area contributed by atoms with E-state index in [9.17, 15) is 0 Å². The summed E-state index contributed by atoms with van der Waals surface area (Å²) in [4.78, 5) is 0. The normalized spacial score (nSPS) is 44.2. The van der Waals surface area contributed by atoms with Gasteiger partial charge in [0.1, 0.15) is 0 Å². The van der Waals surface area contributed by atoms with E-state index < -0.39 is 0 Å². The lowest BCUT2D eigenvalue weighted by molar-refractivity contribution is 0.0960. The Morgan fingerprint density at radius 3 is 2.11 bits per heavy atom. The molecule has 3 fully saturated rings. The SMILES string of the molecule is CC12CCC(C1)C(C)(C)C2NC1CCCCCC1. The Morgan fingerprint density at radius 2 is 1.56 bits per heavy atom. The van der Waals surface area contributed by atoms with Crippen molar-refractivity contribution in [1.29, 1.82) is 0 Å². The van der Waals surface area contributed by atoms with Gasteiger partial charge in [0.2, 0.25) is 0 Å². The summed E-state index contributed by atoms with van der Waals surface area (Å²) in [6.07, 6.45) is 13.1. The molecule has 18 heavy (non-hydrogen) atoms. The molecule has 0 radical (unpaired) electrons. The average Bonchev–Trinajstić information content (AvgIpc) is 2.66. The van der Waals surface area contributed by atoms with Gasteiger partial charge in [-0.3, -0.25) is 0 Å². The highest BCUT2D eigenvalue weighted by Crippen LogP contribution is 2.62. The van der Waals surface area contributed by atoms with Gasteiger partial charge in [0.05, 0.1) is 0 Å². The summed E-state index contributed by atoms with van der Waals surface area (Å²) < 4.78 is 0. The highest BCUT2D eigenvalue weighted by Gasteiger charge is 2.59. The molecule has 3 unspecified atom stereocenters. The molecule has 0 spiro atoms. The molecule has 0 aromatic rings. The van der Waals surface area contributed by atoms with Crippen LogP contribution in [0.5, 0.6) is 0 Å². The molecule has 0 amide bonds. The first-order chi connectivity index (χ1) is 8.52. The van der Waals surface area contributed by atoms with E-state index in [0.717, 1.165) is 18.0 Å². The topological polar surface area (TPSA) is 12.0 Å². The van der Waals surface area contributed by atoms with E-state index in [4.69, 9.17) is 0 Å². The molecule has 1 N–H and O–H groups in total. The van der Waals surface area contributed by atoms with Crippen molar-refractivity contribution in [1.82, 2.24) is 5.32 Å². The summed E-state index contributed by atoms with van der Waals surface area (Å²) in [5.74, 6) is 0.978. The van der Waals surface area contributed by atoms with E-state index in [1.807, 2.05) is 0 Å². The molecule has 3 aliphatic carbocycles. The van der Waals surface area contributed by atoms with E-state index in [1.165, 1.54) is 57.8 Å². The largest absolute Gasteiger partial charge is 0.310 e. The van der Waals surface area contributed by atoms with Crippen LogP contribution >= 0.6 is 0 Å². The Bertz CT molecular complexity index is 296. The fraction of sp³-hybridized carbons (Fsp3) is 1.00. The summed E-state index contributed by atoms with van der Waals surface area (Å²) in [5.41, 5.74) is 1.12. The zero-order valence-electron chi connectivity index (χ0n) is 12.6. The monoisotopic (exact) mass is 249 g/mol. The fourth-order valence-corrected chi connectivity index (χ4v) is 5.40. The van der Waals surface area contributed by atoms with Crippen LogP contribution in [0.4, 0.5) is 0 Å². The second kappa shape index (κ2) is 4.51. The third-order valence-corrected chi connectivity index (χ3v) is 6.53. The van der Waals surface area contributed by atoms with Crippen molar-refractivity contribution < 1.29 is 0 Å². The van der Waals surface area contributed by atoms with Crippen LogP contribution in [0, 0.1) is 16.7 Å². The molecule has 0 heterocycles. The van der Waals surface area contributed by atoms with Gasteiger partial charge < -0.3 is 5.32 Å². The van der Waals surface area contributed by atoms with Gasteiger partial charge >= 0.3 is 0 Å². The van der Waals surface area contributed by atoms with Gasteiger partial charge in [-0.2, -0.15) is 0 Å². The molecule has 3 aliphatic rings. The van der Waals surface area contributed by atoms with Crippen molar-refractivity contribution in [2.45, 2.75) is 90.6 Å². The van der Waals surface area contributed by atoms with Gasteiger partial charge in [0.25, 0.3) is 0 Å².